The van der Waals surface area contributed by atoms with Gasteiger partial charge in [0.25, 0.3) is 0 Å². The number of hydrogen-bond donors (Lipinski definition) is 3. The van der Waals surface area contributed by atoms with Crippen molar-refractivity contribution in [3.05, 3.63) is 66.0 Å². The number of aromatic nitrogens is 2. The molecule has 2 heterocycles. The van der Waals surface area contributed by atoms with Gasteiger partial charge in [-0.3, -0.25) is 14.4 Å². The summed E-state index contributed by atoms with van der Waals surface area (Å²) >= 11 is 0. The monoisotopic (exact) mass is 503 g/mol. The number of H-pyrrole nitrogens is 1. The molecule has 1 fully saturated rings. The van der Waals surface area contributed by atoms with Crippen LogP contribution in [-0.4, -0.2) is 39.1 Å². The number of fused-ring (bicyclic) bond motifs is 1. The molecule has 3 aromatic rings. The summed E-state index contributed by atoms with van der Waals surface area (Å²) in [6.45, 7) is 6.43. The molecule has 4 atom stereocenters. The van der Waals surface area contributed by atoms with Gasteiger partial charge in [0.2, 0.25) is 17.7 Å². The Labute approximate surface area is 218 Å². The molecular weight excluding hydrogens is 466 g/mol. The van der Waals surface area contributed by atoms with Crippen LogP contribution in [0.15, 0.2) is 54.6 Å². The maximum atomic E-state index is 13.6. The molecule has 2 aromatic carbocycles. The van der Waals surface area contributed by atoms with Gasteiger partial charge in [0, 0.05) is 13.0 Å². The van der Waals surface area contributed by atoms with Crippen molar-refractivity contribution in [3.63, 3.8) is 0 Å². The third-order valence-corrected chi connectivity index (χ3v) is 7.24. The van der Waals surface area contributed by atoms with Crippen molar-refractivity contribution in [2.45, 2.75) is 58.5 Å². The average molecular weight is 504 g/mol. The van der Waals surface area contributed by atoms with E-state index in [0.29, 0.717) is 18.8 Å². The van der Waals surface area contributed by atoms with Gasteiger partial charge in [-0.1, -0.05) is 56.3 Å². The second-order valence-electron chi connectivity index (χ2n) is 10.5. The number of rotatable bonds is 10. The number of hydrogen-bond acceptors (Lipinski definition) is 4. The molecule has 4 rings (SSSR count). The maximum Gasteiger partial charge on any atom is 0.225 e. The van der Waals surface area contributed by atoms with Crippen LogP contribution in [0.1, 0.15) is 69.9 Å². The van der Waals surface area contributed by atoms with Crippen LogP contribution in [0.4, 0.5) is 0 Å². The molecule has 0 saturated carbocycles. The normalized spacial score (nSPS) is 18.1. The van der Waals surface area contributed by atoms with Crippen molar-refractivity contribution < 1.29 is 14.4 Å². The lowest BCUT2D eigenvalue weighted by atomic mass is 9.81. The second kappa shape index (κ2) is 11.6. The van der Waals surface area contributed by atoms with Crippen LogP contribution in [0.5, 0.6) is 0 Å². The molecule has 0 spiro atoms. The van der Waals surface area contributed by atoms with E-state index in [9.17, 15) is 14.4 Å². The molecule has 37 heavy (non-hydrogen) atoms. The average Bonchev–Trinajstić information content (AvgIpc) is 3.54. The number of nitrogens with one attached hydrogen (secondary N) is 2. The van der Waals surface area contributed by atoms with E-state index in [1.807, 2.05) is 80.3 Å². The number of carbonyl (C=O) groups excluding carboxylic acids is 3. The molecule has 1 saturated heterocycles. The lowest BCUT2D eigenvalue weighted by molar-refractivity contribution is -0.141. The smallest absolute Gasteiger partial charge is 0.225 e. The molecule has 1 unspecified atom stereocenters. The molecule has 1 aromatic heterocycles. The zero-order valence-electron chi connectivity index (χ0n) is 21.8. The van der Waals surface area contributed by atoms with Gasteiger partial charge >= 0.3 is 0 Å². The lowest BCUT2D eigenvalue weighted by Crippen LogP contribution is -2.44. The Morgan fingerprint density at radius 3 is 2.43 bits per heavy atom. The third kappa shape index (κ3) is 6.18. The molecule has 1 aliphatic heterocycles. The van der Waals surface area contributed by atoms with Crippen LogP contribution in [0, 0.1) is 17.8 Å². The van der Waals surface area contributed by atoms with Gasteiger partial charge in [-0.2, -0.15) is 0 Å². The highest BCUT2D eigenvalue weighted by molar-refractivity contribution is 5.91. The molecule has 4 N–H and O–H groups in total. The van der Waals surface area contributed by atoms with Crippen molar-refractivity contribution in [1.82, 2.24) is 20.2 Å². The van der Waals surface area contributed by atoms with E-state index in [1.54, 1.807) is 0 Å². The number of benzene rings is 2. The molecule has 3 amide bonds. The SMILES string of the molecule is CC(C)CC(C(N)=O)[C@H](CC(=O)N1CCC[C@@H]1c1ccccc1)C(=O)N[C@H](C)c1nc2ccccc2[nH]1. The van der Waals surface area contributed by atoms with Crippen LogP contribution in [0.2, 0.25) is 0 Å². The molecule has 0 radical (unpaired) electrons. The zero-order chi connectivity index (χ0) is 26.5. The van der Waals surface area contributed by atoms with E-state index >= 15 is 0 Å². The van der Waals surface area contributed by atoms with Crippen LogP contribution in [0.25, 0.3) is 11.0 Å². The summed E-state index contributed by atoms with van der Waals surface area (Å²) in [5, 5.41) is 2.99. The van der Waals surface area contributed by atoms with Crippen molar-refractivity contribution in [3.8, 4) is 0 Å². The quantitative estimate of drug-likeness (QED) is 0.383. The summed E-state index contributed by atoms with van der Waals surface area (Å²) in [4.78, 5) is 49.5. The number of para-hydroxylation sites is 2. The summed E-state index contributed by atoms with van der Waals surface area (Å²) in [6.07, 6.45) is 2.14. The van der Waals surface area contributed by atoms with E-state index in [1.165, 1.54) is 0 Å². The zero-order valence-corrected chi connectivity index (χ0v) is 21.8. The summed E-state index contributed by atoms with van der Waals surface area (Å²) in [7, 11) is 0. The van der Waals surface area contributed by atoms with Gasteiger partial charge in [-0.15, -0.1) is 0 Å². The van der Waals surface area contributed by atoms with Gasteiger partial charge < -0.3 is 20.9 Å². The van der Waals surface area contributed by atoms with Gasteiger partial charge in [-0.25, -0.2) is 4.98 Å². The number of imidazole rings is 1. The fourth-order valence-electron chi connectivity index (χ4n) is 5.36. The first-order valence-corrected chi connectivity index (χ1v) is 13.1. The van der Waals surface area contributed by atoms with E-state index < -0.39 is 23.8 Å². The highest BCUT2D eigenvalue weighted by atomic mass is 16.2. The van der Waals surface area contributed by atoms with Crippen LogP contribution < -0.4 is 11.1 Å². The molecular formula is C29H37N5O3. The van der Waals surface area contributed by atoms with Crippen molar-refractivity contribution in [2.24, 2.45) is 23.5 Å². The fourth-order valence-corrected chi connectivity index (χ4v) is 5.36. The second-order valence-corrected chi connectivity index (χ2v) is 10.5. The van der Waals surface area contributed by atoms with Crippen LogP contribution in [0.3, 0.4) is 0 Å². The Morgan fingerprint density at radius 1 is 1.05 bits per heavy atom. The Hall–Kier alpha value is -3.68. The molecule has 8 heteroatoms. The first-order valence-electron chi connectivity index (χ1n) is 13.1. The topological polar surface area (TPSA) is 121 Å². The highest BCUT2D eigenvalue weighted by Crippen LogP contribution is 2.34. The third-order valence-electron chi connectivity index (χ3n) is 7.24. The summed E-state index contributed by atoms with van der Waals surface area (Å²) in [6, 6.07) is 17.1. The predicted molar refractivity (Wildman–Crippen MR) is 143 cm³/mol. The molecule has 0 aliphatic carbocycles. The number of amides is 3. The predicted octanol–water partition coefficient (Wildman–Crippen LogP) is 4.26. The number of carbonyl (C=O) groups is 3. The molecule has 0 bridgehead atoms. The minimum absolute atomic E-state index is 0.0241. The van der Waals surface area contributed by atoms with Crippen molar-refractivity contribution in [2.75, 3.05) is 6.54 Å². The maximum absolute atomic E-state index is 13.6. The number of nitrogens with zero attached hydrogens (tertiary/aromatic N) is 2. The van der Waals surface area contributed by atoms with E-state index in [-0.39, 0.29) is 30.2 Å². The Bertz CT molecular complexity index is 1210. The number of likely N-dealkylation sites (tertiary alicyclic amines) is 1. The summed E-state index contributed by atoms with van der Waals surface area (Å²) in [5.41, 5.74) is 8.57. The number of nitrogens with two attached hydrogens (primary N) is 1. The first-order chi connectivity index (χ1) is 17.7. The van der Waals surface area contributed by atoms with Crippen LogP contribution >= 0.6 is 0 Å². The van der Waals surface area contributed by atoms with E-state index in [2.05, 4.69) is 15.3 Å². The summed E-state index contributed by atoms with van der Waals surface area (Å²) in [5.74, 6) is -1.90. The van der Waals surface area contributed by atoms with Gasteiger partial charge in [0.05, 0.1) is 35.0 Å². The number of primary amides is 1. The largest absolute Gasteiger partial charge is 0.369 e. The molecule has 1 aliphatic rings. The van der Waals surface area contributed by atoms with Crippen molar-refractivity contribution in [1.29, 1.82) is 0 Å². The van der Waals surface area contributed by atoms with E-state index in [4.69, 9.17) is 5.73 Å². The minimum Gasteiger partial charge on any atom is -0.369 e. The molecule has 8 nitrogen and oxygen atoms in total. The Balaban J connectivity index is 1.55. The molecule has 196 valence electrons. The van der Waals surface area contributed by atoms with Gasteiger partial charge in [0.1, 0.15) is 5.82 Å². The van der Waals surface area contributed by atoms with Crippen molar-refractivity contribution >= 4 is 28.8 Å². The summed E-state index contributed by atoms with van der Waals surface area (Å²) < 4.78 is 0. The Kier molecular flexibility index (Phi) is 8.26. The fraction of sp³-hybridized carbons (Fsp3) is 0.448. The lowest BCUT2D eigenvalue weighted by Gasteiger charge is -2.30. The van der Waals surface area contributed by atoms with Crippen LogP contribution in [-0.2, 0) is 14.4 Å². The highest BCUT2D eigenvalue weighted by Gasteiger charge is 2.38. The Morgan fingerprint density at radius 2 is 1.76 bits per heavy atom. The standard InChI is InChI=1S/C29H37N5O3/c1-18(2)16-21(27(30)36)22(17-26(35)34-15-9-14-25(34)20-10-5-4-6-11-20)29(37)31-19(3)28-32-23-12-7-8-13-24(23)33-28/h4-8,10-13,18-19,21-22,25H,9,14-17H2,1-3H3,(H2,30,36)(H,31,37)(H,32,33)/t19-,21?,22+,25-/m1/s1. The minimum atomic E-state index is -0.865. The van der Waals surface area contributed by atoms with E-state index in [0.717, 1.165) is 29.4 Å². The van der Waals surface area contributed by atoms with Gasteiger partial charge in [-0.05, 0) is 49.8 Å². The number of aromatic amines is 1. The van der Waals surface area contributed by atoms with Gasteiger partial charge in [0.15, 0.2) is 0 Å². The first kappa shape index (κ1) is 26.4.